The molecule has 2 aliphatic heterocycles. The maximum Gasteiger partial charge on any atom is 0.255 e. The van der Waals surface area contributed by atoms with Crippen molar-refractivity contribution in [2.75, 3.05) is 19.6 Å². The Bertz CT molecular complexity index is 517. The van der Waals surface area contributed by atoms with E-state index in [-0.39, 0.29) is 5.91 Å². The number of carbonyl (C=O) groups excluding carboxylic acids is 1. The Morgan fingerprint density at radius 1 is 1.42 bits per heavy atom. The number of aryl methyl sites for hydroxylation is 1. The van der Waals surface area contributed by atoms with Crippen LogP contribution in [-0.2, 0) is 0 Å². The van der Waals surface area contributed by atoms with Gasteiger partial charge in [0.05, 0.1) is 10.6 Å². The van der Waals surface area contributed by atoms with Crippen LogP contribution in [0.3, 0.4) is 0 Å². The molecule has 1 aromatic rings. The monoisotopic (exact) mass is 278 g/mol. The van der Waals surface area contributed by atoms with Crippen LogP contribution < -0.4 is 5.32 Å². The SMILES string of the molecule is Cc1ccc(C(=O)N2CC3CNCC3C2C)c(Cl)c1. The number of nitrogens with one attached hydrogen (secondary N) is 1. The van der Waals surface area contributed by atoms with Gasteiger partial charge in [-0.2, -0.15) is 0 Å². The molecular weight excluding hydrogens is 260 g/mol. The molecule has 3 nitrogen and oxygen atoms in total. The third-order valence-corrected chi connectivity index (χ3v) is 4.86. The maximum absolute atomic E-state index is 12.6. The van der Waals surface area contributed by atoms with Crippen LogP contribution in [-0.4, -0.2) is 36.5 Å². The molecule has 0 aliphatic carbocycles. The van der Waals surface area contributed by atoms with Crippen molar-refractivity contribution < 1.29 is 4.79 Å². The lowest BCUT2D eigenvalue weighted by molar-refractivity contribution is 0.0728. The highest BCUT2D eigenvalue weighted by Crippen LogP contribution is 2.34. The maximum atomic E-state index is 12.6. The zero-order valence-electron chi connectivity index (χ0n) is 11.3. The van der Waals surface area contributed by atoms with E-state index in [1.165, 1.54) is 0 Å². The largest absolute Gasteiger partial charge is 0.335 e. The average Bonchev–Trinajstić information content (AvgIpc) is 2.92. The molecule has 0 aromatic heterocycles. The lowest BCUT2D eigenvalue weighted by atomic mass is 9.95. The Hall–Kier alpha value is -1.06. The Balaban J connectivity index is 1.84. The van der Waals surface area contributed by atoms with Crippen molar-refractivity contribution in [2.45, 2.75) is 19.9 Å². The van der Waals surface area contributed by atoms with Gasteiger partial charge in [0, 0.05) is 25.7 Å². The molecular formula is C15H19ClN2O. The summed E-state index contributed by atoms with van der Waals surface area (Å²) in [4.78, 5) is 14.6. The first kappa shape index (κ1) is 12.9. The minimum atomic E-state index is 0.0758. The van der Waals surface area contributed by atoms with Gasteiger partial charge in [0.25, 0.3) is 5.91 Å². The Morgan fingerprint density at radius 2 is 2.21 bits per heavy atom. The van der Waals surface area contributed by atoms with Gasteiger partial charge in [-0.05, 0) is 43.4 Å². The second-order valence-corrected chi connectivity index (χ2v) is 6.17. The lowest BCUT2D eigenvalue weighted by Gasteiger charge is -2.25. The molecule has 3 unspecified atom stereocenters. The molecule has 102 valence electrons. The van der Waals surface area contributed by atoms with Crippen LogP contribution in [0.5, 0.6) is 0 Å². The zero-order chi connectivity index (χ0) is 13.6. The number of nitrogens with zero attached hydrogens (tertiary/aromatic N) is 1. The predicted octanol–water partition coefficient (Wildman–Crippen LogP) is 2.33. The summed E-state index contributed by atoms with van der Waals surface area (Å²) in [5.74, 6) is 1.27. The van der Waals surface area contributed by atoms with E-state index in [1.54, 1.807) is 0 Å². The molecule has 2 heterocycles. The summed E-state index contributed by atoms with van der Waals surface area (Å²) in [6.45, 7) is 7.03. The van der Waals surface area contributed by atoms with E-state index in [0.29, 0.717) is 28.5 Å². The molecule has 1 N–H and O–H groups in total. The summed E-state index contributed by atoms with van der Waals surface area (Å²) in [5, 5.41) is 3.97. The van der Waals surface area contributed by atoms with Gasteiger partial charge in [0.15, 0.2) is 0 Å². The van der Waals surface area contributed by atoms with Gasteiger partial charge in [-0.15, -0.1) is 0 Å². The molecule has 0 bridgehead atoms. The number of rotatable bonds is 1. The Labute approximate surface area is 118 Å². The van der Waals surface area contributed by atoms with E-state index in [1.807, 2.05) is 30.0 Å². The number of likely N-dealkylation sites (tertiary alicyclic amines) is 1. The van der Waals surface area contributed by atoms with E-state index >= 15 is 0 Å². The van der Waals surface area contributed by atoms with Crippen LogP contribution in [0.4, 0.5) is 0 Å². The summed E-state index contributed by atoms with van der Waals surface area (Å²) in [6.07, 6.45) is 0. The quantitative estimate of drug-likeness (QED) is 0.855. The molecule has 3 rings (SSSR count). The highest BCUT2D eigenvalue weighted by molar-refractivity contribution is 6.33. The zero-order valence-corrected chi connectivity index (χ0v) is 12.1. The van der Waals surface area contributed by atoms with Crippen LogP contribution in [0.15, 0.2) is 18.2 Å². The first-order valence-electron chi connectivity index (χ1n) is 6.86. The molecule has 0 saturated carbocycles. The van der Waals surface area contributed by atoms with Crippen LogP contribution in [0, 0.1) is 18.8 Å². The minimum absolute atomic E-state index is 0.0758. The van der Waals surface area contributed by atoms with Crippen molar-refractivity contribution in [3.63, 3.8) is 0 Å². The van der Waals surface area contributed by atoms with Gasteiger partial charge in [-0.3, -0.25) is 4.79 Å². The number of carbonyl (C=O) groups is 1. The van der Waals surface area contributed by atoms with E-state index in [0.717, 1.165) is 25.2 Å². The van der Waals surface area contributed by atoms with Crippen molar-refractivity contribution in [1.82, 2.24) is 10.2 Å². The van der Waals surface area contributed by atoms with Crippen molar-refractivity contribution in [2.24, 2.45) is 11.8 Å². The topological polar surface area (TPSA) is 32.3 Å². The smallest absolute Gasteiger partial charge is 0.255 e. The van der Waals surface area contributed by atoms with Gasteiger partial charge in [-0.25, -0.2) is 0 Å². The molecule has 0 radical (unpaired) electrons. The molecule has 2 aliphatic rings. The van der Waals surface area contributed by atoms with E-state index in [2.05, 4.69) is 12.2 Å². The molecule has 4 heteroatoms. The summed E-state index contributed by atoms with van der Waals surface area (Å²) in [5.41, 5.74) is 1.71. The number of benzene rings is 1. The van der Waals surface area contributed by atoms with Crippen LogP contribution >= 0.6 is 11.6 Å². The van der Waals surface area contributed by atoms with Crippen LogP contribution in [0.25, 0.3) is 0 Å². The van der Waals surface area contributed by atoms with E-state index in [9.17, 15) is 4.79 Å². The minimum Gasteiger partial charge on any atom is -0.335 e. The number of hydrogen-bond donors (Lipinski definition) is 1. The summed E-state index contributed by atoms with van der Waals surface area (Å²) in [7, 11) is 0. The molecule has 3 atom stereocenters. The second kappa shape index (κ2) is 4.80. The predicted molar refractivity (Wildman–Crippen MR) is 76.5 cm³/mol. The number of fused-ring (bicyclic) bond motifs is 1. The lowest BCUT2D eigenvalue weighted by Crippen LogP contribution is -2.38. The fraction of sp³-hybridized carbons (Fsp3) is 0.533. The van der Waals surface area contributed by atoms with Gasteiger partial charge in [0.1, 0.15) is 0 Å². The van der Waals surface area contributed by atoms with Crippen LogP contribution in [0.1, 0.15) is 22.8 Å². The molecule has 0 spiro atoms. The Kier molecular flexibility index (Phi) is 3.27. The summed E-state index contributed by atoms with van der Waals surface area (Å²) in [6, 6.07) is 5.95. The van der Waals surface area contributed by atoms with E-state index < -0.39 is 0 Å². The molecule has 1 aromatic carbocycles. The van der Waals surface area contributed by atoms with Crippen molar-refractivity contribution in [1.29, 1.82) is 0 Å². The summed E-state index contributed by atoms with van der Waals surface area (Å²) < 4.78 is 0. The van der Waals surface area contributed by atoms with Crippen molar-refractivity contribution in [3.05, 3.63) is 34.3 Å². The normalized spacial score (nSPS) is 29.6. The molecule has 1 amide bonds. The highest BCUT2D eigenvalue weighted by atomic mass is 35.5. The third kappa shape index (κ3) is 2.15. The highest BCUT2D eigenvalue weighted by Gasteiger charge is 2.44. The van der Waals surface area contributed by atoms with Gasteiger partial charge in [-0.1, -0.05) is 17.7 Å². The van der Waals surface area contributed by atoms with Gasteiger partial charge in [0.2, 0.25) is 0 Å². The third-order valence-electron chi connectivity index (χ3n) is 4.55. The van der Waals surface area contributed by atoms with Crippen molar-refractivity contribution in [3.8, 4) is 0 Å². The number of halogens is 1. The van der Waals surface area contributed by atoms with E-state index in [4.69, 9.17) is 11.6 Å². The number of hydrogen-bond acceptors (Lipinski definition) is 2. The Morgan fingerprint density at radius 3 is 2.89 bits per heavy atom. The van der Waals surface area contributed by atoms with Crippen molar-refractivity contribution >= 4 is 17.5 Å². The average molecular weight is 279 g/mol. The number of amides is 1. The fourth-order valence-electron chi connectivity index (χ4n) is 3.38. The first-order chi connectivity index (χ1) is 9.08. The molecule has 19 heavy (non-hydrogen) atoms. The standard InChI is InChI=1S/C15H19ClN2O/c1-9-3-4-12(14(16)5-9)15(19)18-8-11-6-17-7-13(11)10(18)2/h3-5,10-11,13,17H,6-8H2,1-2H3. The van der Waals surface area contributed by atoms with Gasteiger partial charge < -0.3 is 10.2 Å². The second-order valence-electron chi connectivity index (χ2n) is 5.76. The summed E-state index contributed by atoms with van der Waals surface area (Å²) >= 11 is 6.21. The molecule has 2 fully saturated rings. The first-order valence-corrected chi connectivity index (χ1v) is 7.23. The molecule has 2 saturated heterocycles. The van der Waals surface area contributed by atoms with Gasteiger partial charge >= 0.3 is 0 Å². The van der Waals surface area contributed by atoms with Crippen LogP contribution in [0.2, 0.25) is 5.02 Å². The fourth-order valence-corrected chi connectivity index (χ4v) is 3.70.